The lowest BCUT2D eigenvalue weighted by atomic mass is 10.0. The van der Waals surface area contributed by atoms with E-state index >= 15 is 0 Å². The normalized spacial score (nSPS) is 13.7. The third kappa shape index (κ3) is 36.3. The van der Waals surface area contributed by atoms with Crippen LogP contribution < -0.4 is 4.89 Å². The molecule has 0 bridgehead atoms. The predicted molar refractivity (Wildman–Crippen MR) is 205 cm³/mol. The van der Waals surface area contributed by atoms with Crippen LogP contribution in [0.15, 0.2) is 24.3 Å². The molecule has 0 amide bonds. The molecule has 12 heteroatoms. The third-order valence-electron chi connectivity index (χ3n) is 8.45. The first-order valence-electron chi connectivity index (χ1n) is 20.1. The second kappa shape index (κ2) is 33.5. The van der Waals surface area contributed by atoms with Crippen molar-refractivity contribution in [2.75, 3.05) is 54.1 Å². The number of likely N-dealkylation sites (N-methyl/N-ethyl adjacent to an activating group) is 1. The number of quaternary nitrogens is 1. The first-order valence-corrected chi connectivity index (χ1v) is 21.6. The number of esters is 3. The highest BCUT2D eigenvalue weighted by molar-refractivity contribution is 7.45. The van der Waals surface area contributed by atoms with Gasteiger partial charge < -0.3 is 32.6 Å². The molecular weight excluding hydrogens is 685 g/mol. The molecule has 304 valence electrons. The van der Waals surface area contributed by atoms with Gasteiger partial charge in [-0.3, -0.25) is 14.2 Å². The molecule has 1 unspecified atom stereocenters. The van der Waals surface area contributed by atoms with Gasteiger partial charge >= 0.3 is 17.9 Å². The summed E-state index contributed by atoms with van der Waals surface area (Å²) >= 11 is 0. The lowest BCUT2D eigenvalue weighted by Gasteiger charge is -2.28. The molecule has 0 rings (SSSR count). The number of hydrogen-bond acceptors (Lipinski definition) is 10. The molecule has 0 radical (unpaired) electrons. The monoisotopic (exact) mass is 760 g/mol. The fraction of sp³-hybridized carbons (Fsp3) is 0.825. The van der Waals surface area contributed by atoms with Crippen LogP contribution >= 0.6 is 7.82 Å². The summed E-state index contributed by atoms with van der Waals surface area (Å²) in [5, 5.41) is 0. The highest BCUT2D eigenvalue weighted by Crippen LogP contribution is 2.38. The summed E-state index contributed by atoms with van der Waals surface area (Å²) < 4.78 is 38.8. The second-order valence-corrected chi connectivity index (χ2v) is 16.1. The molecule has 0 spiro atoms. The van der Waals surface area contributed by atoms with Gasteiger partial charge in [0.15, 0.2) is 6.10 Å². The Morgan fingerprint density at radius 1 is 0.635 bits per heavy atom. The van der Waals surface area contributed by atoms with E-state index < -0.39 is 32.5 Å². The van der Waals surface area contributed by atoms with Gasteiger partial charge in [0.2, 0.25) is 0 Å². The van der Waals surface area contributed by atoms with E-state index in [0.717, 1.165) is 57.8 Å². The molecule has 0 saturated carbocycles. The smallest absolute Gasteiger partial charge is 0.330 e. The van der Waals surface area contributed by atoms with Gasteiger partial charge in [0.1, 0.15) is 19.8 Å². The average molecular weight is 760 g/mol. The zero-order chi connectivity index (χ0) is 38.8. The second-order valence-electron chi connectivity index (χ2n) is 14.7. The SMILES string of the molecule is C/C=C/C=C/C(=O)OCCCCCCCCCC(=O)O[C@H](COC(=O)CCCCCCCCCCCCCCC)COP(=O)([O-])OCC[N+](C)(C)C. The Kier molecular flexibility index (Phi) is 32.2. The number of unbranched alkanes of at least 4 members (excludes halogenated alkanes) is 18. The van der Waals surface area contributed by atoms with Gasteiger partial charge in [-0.2, -0.15) is 0 Å². The Bertz CT molecular complexity index is 1010. The standard InChI is InChI=1S/C40H74NO10P/c1-6-8-10-11-12-13-14-15-16-17-19-22-26-30-39(43)48-35-37(36-50-52(45,46)49-34-32-41(3,4)5)51-40(44)31-27-23-20-18-21-24-28-33-47-38(42)29-25-9-7-2/h7,9,25,29,37H,6,8,10-24,26-28,30-36H2,1-5H3/b9-7+,29-25+/t37-/m1/s1. The van der Waals surface area contributed by atoms with Crippen LogP contribution in [0, 0.1) is 0 Å². The summed E-state index contributed by atoms with van der Waals surface area (Å²) in [4.78, 5) is 48.9. The Balaban J connectivity index is 4.42. The van der Waals surface area contributed by atoms with Gasteiger partial charge in [-0.05, 0) is 26.2 Å². The van der Waals surface area contributed by atoms with E-state index in [9.17, 15) is 23.8 Å². The molecule has 11 nitrogen and oxygen atoms in total. The molecule has 0 aliphatic heterocycles. The first-order chi connectivity index (χ1) is 24.9. The van der Waals surface area contributed by atoms with Crippen LogP contribution in [-0.4, -0.2) is 82.6 Å². The topological polar surface area (TPSA) is 137 Å². The Labute approximate surface area is 316 Å². The molecule has 0 aromatic heterocycles. The first kappa shape index (κ1) is 50.0. The summed E-state index contributed by atoms with van der Waals surface area (Å²) in [6, 6.07) is 0. The summed E-state index contributed by atoms with van der Waals surface area (Å²) in [5.41, 5.74) is 0. The molecule has 0 heterocycles. The number of carbonyl (C=O) groups is 3. The van der Waals surface area contributed by atoms with Gasteiger partial charge in [-0.1, -0.05) is 134 Å². The van der Waals surface area contributed by atoms with E-state index in [1.165, 1.54) is 70.3 Å². The van der Waals surface area contributed by atoms with Crippen molar-refractivity contribution in [1.29, 1.82) is 0 Å². The number of allylic oxidation sites excluding steroid dienone is 3. The number of nitrogens with zero attached hydrogens (tertiary/aromatic N) is 1. The van der Waals surface area contributed by atoms with Gasteiger partial charge in [-0.15, -0.1) is 0 Å². The van der Waals surface area contributed by atoms with Crippen molar-refractivity contribution < 1.29 is 51.6 Å². The maximum atomic E-state index is 12.6. The van der Waals surface area contributed by atoms with Crippen LogP contribution in [0.3, 0.4) is 0 Å². The molecule has 0 aromatic carbocycles. The summed E-state index contributed by atoms with van der Waals surface area (Å²) in [6.45, 7) is 4.13. The van der Waals surface area contributed by atoms with E-state index in [1.807, 2.05) is 34.1 Å². The van der Waals surface area contributed by atoms with E-state index in [2.05, 4.69) is 6.92 Å². The van der Waals surface area contributed by atoms with Crippen LogP contribution in [0.1, 0.15) is 155 Å². The number of carbonyl (C=O) groups excluding carboxylic acids is 3. The number of ether oxygens (including phenoxy) is 3. The minimum Gasteiger partial charge on any atom is -0.756 e. The van der Waals surface area contributed by atoms with Crippen molar-refractivity contribution in [2.24, 2.45) is 0 Å². The Morgan fingerprint density at radius 2 is 1.13 bits per heavy atom. The molecule has 0 N–H and O–H groups in total. The highest BCUT2D eigenvalue weighted by Gasteiger charge is 2.21. The van der Waals surface area contributed by atoms with Gasteiger partial charge in [0.05, 0.1) is 34.4 Å². The van der Waals surface area contributed by atoms with Crippen molar-refractivity contribution >= 4 is 25.7 Å². The number of hydrogen-bond donors (Lipinski definition) is 0. The molecule has 0 aliphatic carbocycles. The molecule has 52 heavy (non-hydrogen) atoms. The lowest BCUT2D eigenvalue weighted by molar-refractivity contribution is -0.870. The molecule has 0 aliphatic rings. The fourth-order valence-corrected chi connectivity index (χ4v) is 5.99. The van der Waals surface area contributed by atoms with Crippen LogP contribution in [0.25, 0.3) is 0 Å². The highest BCUT2D eigenvalue weighted by atomic mass is 31.2. The maximum absolute atomic E-state index is 12.6. The zero-order valence-corrected chi connectivity index (χ0v) is 34.3. The molecular formula is C40H74NO10P. The molecule has 0 aromatic rings. The number of phosphoric ester groups is 1. The van der Waals surface area contributed by atoms with Gasteiger partial charge in [-0.25, -0.2) is 4.79 Å². The Morgan fingerprint density at radius 3 is 1.65 bits per heavy atom. The van der Waals surface area contributed by atoms with Gasteiger partial charge in [0, 0.05) is 18.9 Å². The quantitative estimate of drug-likeness (QED) is 0.0116. The van der Waals surface area contributed by atoms with Crippen molar-refractivity contribution in [3.8, 4) is 0 Å². The van der Waals surface area contributed by atoms with E-state index in [4.69, 9.17) is 23.3 Å². The minimum absolute atomic E-state index is 0.0506. The number of rotatable bonds is 36. The van der Waals surface area contributed by atoms with E-state index in [-0.39, 0.29) is 32.0 Å². The minimum atomic E-state index is -4.64. The van der Waals surface area contributed by atoms with Crippen molar-refractivity contribution in [1.82, 2.24) is 0 Å². The van der Waals surface area contributed by atoms with Crippen LogP contribution in [-0.2, 0) is 42.2 Å². The van der Waals surface area contributed by atoms with Crippen LogP contribution in [0.5, 0.6) is 0 Å². The summed E-state index contributed by atoms with van der Waals surface area (Å²) in [6.07, 6.45) is 27.9. The summed E-state index contributed by atoms with van der Waals surface area (Å²) in [5.74, 6) is -1.25. The zero-order valence-electron chi connectivity index (χ0n) is 33.5. The van der Waals surface area contributed by atoms with Crippen LogP contribution in [0.2, 0.25) is 0 Å². The molecule has 0 saturated heterocycles. The van der Waals surface area contributed by atoms with Crippen LogP contribution in [0.4, 0.5) is 0 Å². The molecule has 2 atom stereocenters. The van der Waals surface area contributed by atoms with Crippen molar-refractivity contribution in [2.45, 2.75) is 161 Å². The fourth-order valence-electron chi connectivity index (χ4n) is 5.27. The lowest BCUT2D eigenvalue weighted by Crippen LogP contribution is -2.37. The third-order valence-corrected chi connectivity index (χ3v) is 9.41. The van der Waals surface area contributed by atoms with E-state index in [0.29, 0.717) is 24.1 Å². The average Bonchev–Trinajstić information content (AvgIpc) is 3.08. The van der Waals surface area contributed by atoms with E-state index in [1.54, 1.807) is 12.2 Å². The summed E-state index contributed by atoms with van der Waals surface area (Å²) in [7, 11) is 1.09. The van der Waals surface area contributed by atoms with Gasteiger partial charge in [0.25, 0.3) is 7.82 Å². The Hall–Kier alpha value is -2.04. The number of phosphoric acid groups is 1. The van der Waals surface area contributed by atoms with Crippen molar-refractivity contribution in [3.05, 3.63) is 24.3 Å². The molecule has 0 fully saturated rings. The largest absolute Gasteiger partial charge is 0.756 e. The van der Waals surface area contributed by atoms with Crippen molar-refractivity contribution in [3.63, 3.8) is 0 Å². The maximum Gasteiger partial charge on any atom is 0.330 e. The predicted octanol–water partition coefficient (Wildman–Crippen LogP) is 8.93.